The molecule has 0 radical (unpaired) electrons. The summed E-state index contributed by atoms with van der Waals surface area (Å²) in [7, 11) is 3.17. The average Bonchev–Trinajstić information content (AvgIpc) is 3.01. The number of carbonyl (C=O) groups excluding carboxylic acids is 2. The predicted octanol–water partition coefficient (Wildman–Crippen LogP) is 4.36. The topological polar surface area (TPSA) is 90.0 Å². The summed E-state index contributed by atoms with van der Waals surface area (Å²) in [5, 5.41) is 4.76. The van der Waals surface area contributed by atoms with E-state index < -0.39 is 0 Å². The van der Waals surface area contributed by atoms with Crippen LogP contribution in [-0.4, -0.2) is 44.1 Å². The Labute approximate surface area is 208 Å². The van der Waals surface area contributed by atoms with Gasteiger partial charge in [0.2, 0.25) is 11.8 Å². The summed E-state index contributed by atoms with van der Waals surface area (Å²) in [6.07, 6.45) is 2.19. The van der Waals surface area contributed by atoms with Gasteiger partial charge in [0, 0.05) is 12.7 Å². The van der Waals surface area contributed by atoms with E-state index in [2.05, 4.69) is 10.3 Å². The number of hydrogen-bond donors (Lipinski definition) is 1. The number of carbonyl (C=O) groups is 2. The van der Waals surface area contributed by atoms with Gasteiger partial charge in [0.1, 0.15) is 18.0 Å². The molecule has 3 aromatic carbocycles. The van der Waals surface area contributed by atoms with E-state index in [0.29, 0.717) is 41.5 Å². The van der Waals surface area contributed by atoms with Gasteiger partial charge in [-0.05, 0) is 59.2 Å². The molecule has 2 heterocycles. The fourth-order valence-electron chi connectivity index (χ4n) is 4.24. The van der Waals surface area contributed by atoms with Crippen molar-refractivity contribution in [3.05, 3.63) is 84.1 Å². The number of amides is 2. The normalized spacial score (nSPS) is 12.3. The molecule has 1 aliphatic rings. The van der Waals surface area contributed by atoms with Crippen molar-refractivity contribution in [3.8, 4) is 23.1 Å². The Balaban J connectivity index is 1.34. The number of rotatable bonds is 7. The quantitative estimate of drug-likeness (QED) is 0.420. The van der Waals surface area contributed by atoms with Crippen LogP contribution in [0, 0.1) is 0 Å². The number of hydrogen-bond acceptors (Lipinski definition) is 6. The molecule has 0 unspecified atom stereocenters. The lowest BCUT2D eigenvalue weighted by Gasteiger charge is -2.21. The van der Waals surface area contributed by atoms with Gasteiger partial charge in [0.15, 0.2) is 11.5 Å². The number of benzene rings is 3. The molecule has 0 aliphatic carbocycles. The molecule has 0 saturated carbocycles. The minimum atomic E-state index is -0.322. The lowest BCUT2D eigenvalue weighted by Crippen LogP contribution is -2.41. The molecule has 0 spiro atoms. The first-order valence-corrected chi connectivity index (χ1v) is 11.5. The van der Waals surface area contributed by atoms with E-state index in [1.54, 1.807) is 38.6 Å². The number of pyridine rings is 1. The first-order valence-electron chi connectivity index (χ1n) is 11.5. The highest BCUT2D eigenvalue weighted by Gasteiger charge is 2.30. The van der Waals surface area contributed by atoms with Crippen molar-refractivity contribution in [1.82, 2.24) is 10.3 Å². The third-order valence-electron chi connectivity index (χ3n) is 6.06. The monoisotopic (exact) mass is 483 g/mol. The van der Waals surface area contributed by atoms with Gasteiger partial charge in [-0.3, -0.25) is 14.5 Å². The second kappa shape index (κ2) is 9.95. The fourth-order valence-corrected chi connectivity index (χ4v) is 4.24. The zero-order chi connectivity index (χ0) is 25.1. The lowest BCUT2D eigenvalue weighted by atomic mass is 10.0. The Hall–Kier alpha value is -4.59. The molecule has 182 valence electrons. The second-order valence-corrected chi connectivity index (χ2v) is 8.31. The van der Waals surface area contributed by atoms with Crippen molar-refractivity contribution in [3.63, 3.8) is 0 Å². The number of nitrogens with one attached hydrogen (secondary N) is 1. The van der Waals surface area contributed by atoms with E-state index in [4.69, 9.17) is 14.2 Å². The number of ether oxygens (including phenoxy) is 3. The molecule has 0 bridgehead atoms. The van der Waals surface area contributed by atoms with E-state index >= 15 is 0 Å². The number of aromatic nitrogens is 1. The third kappa shape index (κ3) is 4.53. The molecule has 1 N–H and O–H groups in total. The van der Waals surface area contributed by atoms with E-state index in [1.165, 1.54) is 4.90 Å². The molecule has 8 nitrogen and oxygen atoms in total. The van der Waals surface area contributed by atoms with Crippen LogP contribution < -0.4 is 24.4 Å². The zero-order valence-corrected chi connectivity index (χ0v) is 20.0. The van der Waals surface area contributed by atoms with Gasteiger partial charge in [0.25, 0.3) is 5.91 Å². The predicted molar refractivity (Wildman–Crippen MR) is 136 cm³/mol. The highest BCUT2D eigenvalue weighted by molar-refractivity contribution is 6.13. The van der Waals surface area contributed by atoms with Gasteiger partial charge < -0.3 is 19.5 Å². The summed E-state index contributed by atoms with van der Waals surface area (Å²) in [5.41, 5.74) is 1.81. The van der Waals surface area contributed by atoms with Crippen molar-refractivity contribution in [1.29, 1.82) is 0 Å². The first kappa shape index (κ1) is 23.2. The van der Waals surface area contributed by atoms with Crippen LogP contribution in [0.25, 0.3) is 10.8 Å². The standard InChI is InChI=1S/C28H25N3O5/c1-34-23-10-9-18(14-25(23)35-2)11-13-29-26(32)17-31-22-8-5-12-30-27(22)36-24-16-20-7-4-3-6-19(20)15-21(24)28(31)33/h3-10,12,14-16H,11,13,17H2,1-2H3,(H,29,32). The molecule has 1 aliphatic heterocycles. The average molecular weight is 484 g/mol. The number of methoxy groups -OCH3 is 2. The van der Waals surface area contributed by atoms with E-state index in [9.17, 15) is 9.59 Å². The highest BCUT2D eigenvalue weighted by atomic mass is 16.5. The third-order valence-corrected chi connectivity index (χ3v) is 6.06. The maximum absolute atomic E-state index is 13.6. The van der Waals surface area contributed by atoms with E-state index in [0.717, 1.165) is 16.3 Å². The number of anilines is 1. The number of nitrogens with zero attached hydrogens (tertiary/aromatic N) is 2. The van der Waals surface area contributed by atoms with Crippen molar-refractivity contribution in [2.45, 2.75) is 6.42 Å². The van der Waals surface area contributed by atoms with E-state index in [-0.39, 0.29) is 24.2 Å². The Bertz CT molecular complexity index is 1450. The van der Waals surface area contributed by atoms with E-state index in [1.807, 2.05) is 48.5 Å². The van der Waals surface area contributed by atoms with Crippen LogP contribution in [0.15, 0.2) is 72.9 Å². The summed E-state index contributed by atoms with van der Waals surface area (Å²) in [5.74, 6) is 1.35. The van der Waals surface area contributed by atoms with Crippen LogP contribution in [0.3, 0.4) is 0 Å². The number of fused-ring (bicyclic) bond motifs is 3. The van der Waals surface area contributed by atoms with Crippen molar-refractivity contribution in [2.24, 2.45) is 0 Å². The smallest absolute Gasteiger partial charge is 0.262 e. The second-order valence-electron chi connectivity index (χ2n) is 8.31. The molecule has 0 fully saturated rings. The lowest BCUT2D eigenvalue weighted by molar-refractivity contribution is -0.119. The van der Waals surface area contributed by atoms with Crippen LogP contribution in [-0.2, 0) is 11.2 Å². The minimum absolute atomic E-state index is 0.168. The Morgan fingerprint density at radius 1 is 0.972 bits per heavy atom. The van der Waals surface area contributed by atoms with Crippen molar-refractivity contribution < 1.29 is 23.8 Å². The minimum Gasteiger partial charge on any atom is -0.493 e. The molecule has 0 atom stereocenters. The van der Waals surface area contributed by atoms with Crippen LogP contribution in [0.1, 0.15) is 15.9 Å². The fraction of sp³-hybridized carbons (Fsp3) is 0.179. The summed E-state index contributed by atoms with van der Waals surface area (Å²) in [4.78, 5) is 32.2. The first-order chi connectivity index (χ1) is 17.6. The van der Waals surface area contributed by atoms with Crippen LogP contribution in [0.4, 0.5) is 5.69 Å². The van der Waals surface area contributed by atoms with Gasteiger partial charge in [-0.25, -0.2) is 4.98 Å². The van der Waals surface area contributed by atoms with Gasteiger partial charge >= 0.3 is 0 Å². The Morgan fingerprint density at radius 3 is 2.53 bits per heavy atom. The molecule has 5 rings (SSSR count). The van der Waals surface area contributed by atoms with Crippen molar-refractivity contribution in [2.75, 3.05) is 32.2 Å². The Kier molecular flexibility index (Phi) is 6.40. The SMILES string of the molecule is COc1ccc(CCNC(=O)CN2C(=O)c3cc4ccccc4cc3Oc3ncccc32)cc1OC. The molecular weight excluding hydrogens is 458 g/mol. The molecular formula is C28H25N3O5. The summed E-state index contributed by atoms with van der Waals surface area (Å²) < 4.78 is 16.7. The van der Waals surface area contributed by atoms with Gasteiger partial charge in [-0.2, -0.15) is 0 Å². The molecule has 4 aromatic rings. The van der Waals surface area contributed by atoms with Crippen LogP contribution >= 0.6 is 0 Å². The van der Waals surface area contributed by atoms with Crippen molar-refractivity contribution >= 4 is 28.3 Å². The van der Waals surface area contributed by atoms with Crippen LogP contribution in [0.5, 0.6) is 23.1 Å². The van der Waals surface area contributed by atoms with Crippen LogP contribution in [0.2, 0.25) is 0 Å². The maximum Gasteiger partial charge on any atom is 0.262 e. The molecule has 36 heavy (non-hydrogen) atoms. The molecule has 0 saturated heterocycles. The van der Waals surface area contributed by atoms with Gasteiger partial charge in [-0.15, -0.1) is 0 Å². The summed E-state index contributed by atoms with van der Waals surface area (Å²) in [6, 6.07) is 20.4. The largest absolute Gasteiger partial charge is 0.493 e. The summed E-state index contributed by atoms with van der Waals surface area (Å²) >= 11 is 0. The maximum atomic E-state index is 13.6. The molecule has 1 aromatic heterocycles. The Morgan fingerprint density at radius 2 is 1.75 bits per heavy atom. The van der Waals surface area contributed by atoms with Gasteiger partial charge in [0.05, 0.1) is 19.8 Å². The molecule has 2 amide bonds. The highest BCUT2D eigenvalue weighted by Crippen LogP contribution is 2.39. The summed E-state index contributed by atoms with van der Waals surface area (Å²) in [6.45, 7) is 0.229. The van der Waals surface area contributed by atoms with Gasteiger partial charge in [-0.1, -0.05) is 30.3 Å². The molecule has 8 heteroatoms. The zero-order valence-electron chi connectivity index (χ0n) is 20.0.